The van der Waals surface area contributed by atoms with Gasteiger partial charge in [0, 0.05) is 30.9 Å². The topological polar surface area (TPSA) is 24.5 Å². The highest BCUT2D eigenvalue weighted by atomic mass is 16.5. The molecule has 3 rings (SSSR count). The maximum Gasteiger partial charge on any atom is 0.0645 e. The minimum absolute atomic E-state index is 0.148. The fourth-order valence-corrected chi connectivity index (χ4v) is 2.86. The Morgan fingerprint density at radius 3 is 3.11 bits per heavy atom. The second kappa shape index (κ2) is 4.56. The molecular weight excluding hydrogens is 224 g/mol. The molecule has 0 aliphatic carbocycles. The minimum Gasteiger partial charge on any atom is -0.384 e. The summed E-state index contributed by atoms with van der Waals surface area (Å²) in [5.74, 6) is 0. The van der Waals surface area contributed by atoms with Gasteiger partial charge in [0.25, 0.3) is 0 Å². The number of rotatable bonds is 2. The van der Waals surface area contributed by atoms with Gasteiger partial charge in [0.05, 0.1) is 13.2 Å². The molecule has 1 fully saturated rings. The van der Waals surface area contributed by atoms with Crippen LogP contribution in [0.1, 0.15) is 25.0 Å². The van der Waals surface area contributed by atoms with E-state index in [1.165, 1.54) is 16.8 Å². The molecular formula is C15H22N2O. The van der Waals surface area contributed by atoms with Crippen LogP contribution in [0, 0.1) is 0 Å². The van der Waals surface area contributed by atoms with Crippen LogP contribution in [0.2, 0.25) is 0 Å². The van der Waals surface area contributed by atoms with E-state index in [9.17, 15) is 0 Å². The van der Waals surface area contributed by atoms with Gasteiger partial charge in [0.15, 0.2) is 0 Å². The zero-order valence-electron chi connectivity index (χ0n) is 11.3. The molecule has 0 bridgehead atoms. The Bertz CT molecular complexity index is 442. The van der Waals surface area contributed by atoms with Crippen LogP contribution in [0.15, 0.2) is 18.2 Å². The van der Waals surface area contributed by atoms with Crippen LogP contribution in [0.3, 0.4) is 0 Å². The largest absolute Gasteiger partial charge is 0.384 e. The third-order valence-electron chi connectivity index (χ3n) is 4.07. The fourth-order valence-electron chi connectivity index (χ4n) is 2.86. The van der Waals surface area contributed by atoms with Crippen LogP contribution >= 0.6 is 0 Å². The number of nitrogens with one attached hydrogen (secondary N) is 1. The van der Waals surface area contributed by atoms with E-state index < -0.39 is 0 Å². The molecule has 18 heavy (non-hydrogen) atoms. The normalized spacial score (nSPS) is 22.6. The van der Waals surface area contributed by atoms with Gasteiger partial charge in [-0.1, -0.05) is 12.1 Å². The van der Waals surface area contributed by atoms with Crippen molar-refractivity contribution in [1.29, 1.82) is 0 Å². The van der Waals surface area contributed by atoms with Crippen LogP contribution in [-0.4, -0.2) is 36.7 Å². The summed E-state index contributed by atoms with van der Waals surface area (Å²) in [5, 5.41) is 3.41. The molecule has 0 unspecified atom stereocenters. The van der Waals surface area contributed by atoms with Crippen molar-refractivity contribution in [3.05, 3.63) is 29.3 Å². The van der Waals surface area contributed by atoms with E-state index >= 15 is 0 Å². The lowest BCUT2D eigenvalue weighted by Crippen LogP contribution is -2.52. The van der Waals surface area contributed by atoms with Crippen molar-refractivity contribution in [3.63, 3.8) is 0 Å². The van der Waals surface area contributed by atoms with Crippen molar-refractivity contribution >= 4 is 5.69 Å². The molecule has 1 aromatic carbocycles. The van der Waals surface area contributed by atoms with Crippen LogP contribution in [0.25, 0.3) is 0 Å². The van der Waals surface area contributed by atoms with Gasteiger partial charge in [-0.05, 0) is 37.5 Å². The molecule has 3 nitrogen and oxygen atoms in total. The summed E-state index contributed by atoms with van der Waals surface area (Å²) >= 11 is 0. The van der Waals surface area contributed by atoms with Gasteiger partial charge in [0.2, 0.25) is 0 Å². The lowest BCUT2D eigenvalue weighted by Gasteiger charge is -2.42. The maximum absolute atomic E-state index is 5.58. The standard InChI is InChI=1S/C15H22N2O/c1-15(2)11-18-8-7-17(15)10-12-3-4-14-13(9-12)5-6-16-14/h3-4,9,16H,5-8,10-11H2,1-2H3. The minimum atomic E-state index is 0.148. The van der Waals surface area contributed by atoms with Crippen molar-refractivity contribution in [1.82, 2.24) is 4.90 Å². The van der Waals surface area contributed by atoms with E-state index in [1.54, 1.807) is 0 Å². The first-order valence-corrected chi connectivity index (χ1v) is 6.84. The summed E-state index contributed by atoms with van der Waals surface area (Å²) in [4.78, 5) is 2.53. The molecule has 2 aliphatic rings. The molecule has 0 spiro atoms. The lowest BCUT2D eigenvalue weighted by molar-refractivity contribution is -0.0552. The highest BCUT2D eigenvalue weighted by Crippen LogP contribution is 2.26. The number of hydrogen-bond acceptors (Lipinski definition) is 3. The van der Waals surface area contributed by atoms with Gasteiger partial charge >= 0.3 is 0 Å². The van der Waals surface area contributed by atoms with Crippen LogP contribution in [0.5, 0.6) is 0 Å². The van der Waals surface area contributed by atoms with E-state index in [2.05, 4.69) is 42.3 Å². The predicted molar refractivity (Wildman–Crippen MR) is 73.9 cm³/mol. The molecule has 98 valence electrons. The summed E-state index contributed by atoms with van der Waals surface area (Å²) in [6, 6.07) is 6.84. The molecule has 2 heterocycles. The second-order valence-electron chi connectivity index (χ2n) is 5.95. The van der Waals surface area contributed by atoms with Gasteiger partial charge in [-0.25, -0.2) is 0 Å². The maximum atomic E-state index is 5.58. The number of hydrogen-bond donors (Lipinski definition) is 1. The van der Waals surface area contributed by atoms with Crippen LogP contribution in [-0.2, 0) is 17.7 Å². The zero-order valence-corrected chi connectivity index (χ0v) is 11.3. The Balaban J connectivity index is 1.76. The average Bonchev–Trinajstić information content (AvgIpc) is 2.79. The third kappa shape index (κ3) is 2.25. The Morgan fingerprint density at radius 1 is 1.39 bits per heavy atom. The van der Waals surface area contributed by atoms with Crippen LogP contribution < -0.4 is 5.32 Å². The van der Waals surface area contributed by atoms with E-state index in [1.807, 2.05) is 0 Å². The van der Waals surface area contributed by atoms with Crippen molar-refractivity contribution in [2.75, 3.05) is 31.6 Å². The first kappa shape index (κ1) is 12.0. The van der Waals surface area contributed by atoms with E-state index in [-0.39, 0.29) is 5.54 Å². The Labute approximate surface area is 109 Å². The highest BCUT2D eigenvalue weighted by Gasteiger charge is 2.30. The summed E-state index contributed by atoms with van der Waals surface area (Å²) < 4.78 is 5.58. The number of fused-ring (bicyclic) bond motifs is 1. The Hall–Kier alpha value is -1.06. The number of anilines is 1. The van der Waals surface area contributed by atoms with Crippen molar-refractivity contribution < 1.29 is 4.74 Å². The third-order valence-corrected chi connectivity index (χ3v) is 4.07. The number of benzene rings is 1. The second-order valence-corrected chi connectivity index (χ2v) is 5.95. The molecule has 0 aromatic heterocycles. The van der Waals surface area contributed by atoms with Crippen LogP contribution in [0.4, 0.5) is 5.69 Å². The molecule has 0 saturated carbocycles. The smallest absolute Gasteiger partial charge is 0.0645 e. The first-order chi connectivity index (χ1) is 8.65. The van der Waals surface area contributed by atoms with Gasteiger partial charge in [-0.15, -0.1) is 0 Å². The van der Waals surface area contributed by atoms with Gasteiger partial charge < -0.3 is 10.1 Å². The Kier molecular flexibility index (Phi) is 3.04. The number of morpholine rings is 1. The van der Waals surface area contributed by atoms with Gasteiger partial charge in [-0.3, -0.25) is 4.90 Å². The quantitative estimate of drug-likeness (QED) is 0.866. The Morgan fingerprint density at radius 2 is 2.28 bits per heavy atom. The molecule has 3 heteroatoms. The highest BCUT2D eigenvalue weighted by molar-refractivity contribution is 5.56. The summed E-state index contributed by atoms with van der Waals surface area (Å²) in [7, 11) is 0. The van der Waals surface area contributed by atoms with Crippen molar-refractivity contribution in [2.45, 2.75) is 32.4 Å². The summed E-state index contributed by atoms with van der Waals surface area (Å²) in [6.45, 7) is 9.37. The predicted octanol–water partition coefficient (Wildman–Crippen LogP) is 2.27. The van der Waals surface area contributed by atoms with Gasteiger partial charge in [0.1, 0.15) is 0 Å². The summed E-state index contributed by atoms with van der Waals surface area (Å²) in [5.41, 5.74) is 4.36. The van der Waals surface area contributed by atoms with E-state index in [0.29, 0.717) is 0 Å². The van der Waals surface area contributed by atoms with E-state index in [0.717, 1.165) is 39.3 Å². The van der Waals surface area contributed by atoms with Crippen molar-refractivity contribution in [3.8, 4) is 0 Å². The number of nitrogens with zero attached hydrogens (tertiary/aromatic N) is 1. The molecule has 1 saturated heterocycles. The molecule has 1 aromatic rings. The van der Waals surface area contributed by atoms with Gasteiger partial charge in [-0.2, -0.15) is 0 Å². The van der Waals surface area contributed by atoms with E-state index in [4.69, 9.17) is 4.74 Å². The molecule has 0 atom stereocenters. The zero-order chi connectivity index (χ0) is 12.6. The molecule has 0 radical (unpaired) electrons. The average molecular weight is 246 g/mol. The monoisotopic (exact) mass is 246 g/mol. The molecule has 1 N–H and O–H groups in total. The fraction of sp³-hybridized carbons (Fsp3) is 0.600. The summed E-state index contributed by atoms with van der Waals surface area (Å²) in [6.07, 6.45) is 1.16. The van der Waals surface area contributed by atoms with Crippen molar-refractivity contribution in [2.24, 2.45) is 0 Å². The lowest BCUT2D eigenvalue weighted by atomic mass is 10.0. The SMILES string of the molecule is CC1(C)COCCN1Cc1ccc2c(c1)CCN2. The molecule has 0 amide bonds. The first-order valence-electron chi connectivity index (χ1n) is 6.84. The number of ether oxygens (including phenoxy) is 1. The molecule has 2 aliphatic heterocycles.